The zero-order chi connectivity index (χ0) is 9.56. The van der Waals surface area contributed by atoms with E-state index in [9.17, 15) is 4.79 Å². The number of aliphatic carboxylic acids is 1. The fraction of sp³-hybridized carbons (Fsp3) is 0.875. The number of carboxylic acids is 1. The average Bonchev–Trinajstić information content (AvgIpc) is 1.99. The van der Waals surface area contributed by atoms with Crippen molar-refractivity contribution >= 4 is 17.7 Å². The van der Waals surface area contributed by atoms with Gasteiger partial charge in [-0.1, -0.05) is 13.8 Å². The third-order valence-corrected chi connectivity index (χ3v) is 2.94. The summed E-state index contributed by atoms with van der Waals surface area (Å²) in [5.74, 6) is 0.322. The van der Waals surface area contributed by atoms with Gasteiger partial charge in [-0.05, 0) is 11.7 Å². The maximum Gasteiger partial charge on any atom is 0.304 e. The predicted molar refractivity (Wildman–Crippen MR) is 50.4 cm³/mol. The molecular formula is C8H16O3S. The van der Waals surface area contributed by atoms with E-state index in [1.54, 1.807) is 11.8 Å². The van der Waals surface area contributed by atoms with E-state index in [4.69, 9.17) is 10.2 Å². The Morgan fingerprint density at radius 2 is 2.08 bits per heavy atom. The number of hydrogen-bond acceptors (Lipinski definition) is 3. The van der Waals surface area contributed by atoms with Gasteiger partial charge in [-0.25, -0.2) is 0 Å². The van der Waals surface area contributed by atoms with Gasteiger partial charge in [0.15, 0.2) is 0 Å². The molecule has 0 spiro atoms. The Hall–Kier alpha value is -0.220. The van der Waals surface area contributed by atoms with Crippen molar-refractivity contribution in [3.8, 4) is 0 Å². The van der Waals surface area contributed by atoms with Crippen LogP contribution in [-0.2, 0) is 4.79 Å². The van der Waals surface area contributed by atoms with Crippen molar-refractivity contribution in [2.24, 2.45) is 5.92 Å². The lowest BCUT2D eigenvalue weighted by Crippen LogP contribution is -2.10. The highest BCUT2D eigenvalue weighted by Gasteiger charge is 2.09. The van der Waals surface area contributed by atoms with Gasteiger partial charge < -0.3 is 10.2 Å². The lowest BCUT2D eigenvalue weighted by atomic mass is 10.2. The lowest BCUT2D eigenvalue weighted by Gasteiger charge is -2.11. The maximum absolute atomic E-state index is 10.3. The first kappa shape index (κ1) is 11.8. The Morgan fingerprint density at radius 1 is 1.50 bits per heavy atom. The number of carboxylic acid groups (broad SMARTS) is 1. The summed E-state index contributed by atoms with van der Waals surface area (Å²) in [6, 6.07) is 0. The molecule has 4 heteroatoms. The van der Waals surface area contributed by atoms with Gasteiger partial charge in [0.05, 0.1) is 6.42 Å². The monoisotopic (exact) mass is 192 g/mol. The Balaban J connectivity index is 3.43. The minimum Gasteiger partial charge on any atom is -0.481 e. The van der Waals surface area contributed by atoms with Gasteiger partial charge in [-0.15, -0.1) is 0 Å². The molecule has 0 aromatic carbocycles. The van der Waals surface area contributed by atoms with Gasteiger partial charge in [-0.3, -0.25) is 4.79 Å². The number of aliphatic hydroxyl groups excluding tert-OH is 1. The molecule has 3 nitrogen and oxygen atoms in total. The quantitative estimate of drug-likeness (QED) is 0.664. The lowest BCUT2D eigenvalue weighted by molar-refractivity contribution is -0.136. The molecule has 0 saturated heterocycles. The molecule has 0 aliphatic rings. The number of thioether (sulfide) groups is 1. The van der Waals surface area contributed by atoms with Crippen molar-refractivity contribution in [1.29, 1.82) is 0 Å². The number of hydrogen-bond donors (Lipinski definition) is 2. The van der Waals surface area contributed by atoms with Crippen LogP contribution in [0.4, 0.5) is 0 Å². The molecule has 0 bridgehead atoms. The standard InChI is InChI=1S/C8H16O3S/c1-6(4-9)5-12-7(2)3-8(10)11/h6-7,9H,3-5H2,1-2H3,(H,10,11). The zero-order valence-electron chi connectivity index (χ0n) is 7.49. The van der Waals surface area contributed by atoms with E-state index >= 15 is 0 Å². The van der Waals surface area contributed by atoms with Gasteiger partial charge in [0.25, 0.3) is 0 Å². The smallest absolute Gasteiger partial charge is 0.304 e. The molecule has 0 aromatic rings. The molecule has 2 N–H and O–H groups in total. The second-order valence-electron chi connectivity index (χ2n) is 3.03. The van der Waals surface area contributed by atoms with Gasteiger partial charge >= 0.3 is 5.97 Å². The van der Waals surface area contributed by atoms with Crippen LogP contribution in [0.15, 0.2) is 0 Å². The molecule has 72 valence electrons. The number of rotatable bonds is 6. The molecule has 0 aliphatic heterocycles. The van der Waals surface area contributed by atoms with Crippen molar-refractivity contribution < 1.29 is 15.0 Å². The summed E-state index contributed by atoms with van der Waals surface area (Å²) in [5, 5.41) is 17.3. The maximum atomic E-state index is 10.3. The van der Waals surface area contributed by atoms with E-state index in [1.165, 1.54) is 0 Å². The van der Waals surface area contributed by atoms with E-state index in [0.29, 0.717) is 0 Å². The summed E-state index contributed by atoms with van der Waals surface area (Å²) in [4.78, 5) is 10.3. The average molecular weight is 192 g/mol. The Bertz CT molecular complexity index is 138. The first-order chi connectivity index (χ1) is 5.56. The zero-order valence-corrected chi connectivity index (χ0v) is 8.30. The van der Waals surface area contributed by atoms with E-state index in [-0.39, 0.29) is 24.2 Å². The highest BCUT2D eigenvalue weighted by atomic mass is 32.2. The second kappa shape index (κ2) is 6.31. The van der Waals surface area contributed by atoms with Crippen LogP contribution >= 0.6 is 11.8 Å². The van der Waals surface area contributed by atoms with Crippen molar-refractivity contribution in [1.82, 2.24) is 0 Å². The van der Waals surface area contributed by atoms with E-state index in [2.05, 4.69) is 0 Å². The highest BCUT2D eigenvalue weighted by molar-refractivity contribution is 7.99. The third-order valence-electron chi connectivity index (χ3n) is 1.44. The molecule has 0 saturated carbocycles. The summed E-state index contributed by atoms with van der Waals surface area (Å²) in [6.45, 7) is 4.01. The SMILES string of the molecule is CC(CO)CSC(C)CC(=O)O. The molecule has 0 rings (SSSR count). The highest BCUT2D eigenvalue weighted by Crippen LogP contribution is 2.17. The van der Waals surface area contributed by atoms with Crippen LogP contribution in [0.3, 0.4) is 0 Å². The van der Waals surface area contributed by atoms with Crippen molar-refractivity contribution in [2.45, 2.75) is 25.5 Å². The molecule has 2 unspecified atom stereocenters. The van der Waals surface area contributed by atoms with Crippen LogP contribution in [0.25, 0.3) is 0 Å². The van der Waals surface area contributed by atoms with Crippen LogP contribution in [0, 0.1) is 5.92 Å². The van der Waals surface area contributed by atoms with Gasteiger partial charge in [-0.2, -0.15) is 11.8 Å². The van der Waals surface area contributed by atoms with E-state index in [1.807, 2.05) is 13.8 Å². The fourth-order valence-corrected chi connectivity index (χ4v) is 1.71. The predicted octanol–water partition coefficient (Wildman–Crippen LogP) is 1.21. The van der Waals surface area contributed by atoms with Gasteiger partial charge in [0, 0.05) is 11.9 Å². The summed E-state index contributed by atoms with van der Waals surface area (Å²) < 4.78 is 0. The molecule has 2 atom stereocenters. The van der Waals surface area contributed by atoms with Crippen LogP contribution in [0.2, 0.25) is 0 Å². The van der Waals surface area contributed by atoms with Gasteiger partial charge in [0.1, 0.15) is 0 Å². The summed E-state index contributed by atoms with van der Waals surface area (Å²) in [5.41, 5.74) is 0. The minimum atomic E-state index is -0.758. The minimum absolute atomic E-state index is 0.136. The van der Waals surface area contributed by atoms with Gasteiger partial charge in [0.2, 0.25) is 0 Å². The van der Waals surface area contributed by atoms with Crippen LogP contribution in [0.1, 0.15) is 20.3 Å². The first-order valence-corrected chi connectivity index (χ1v) is 5.05. The van der Waals surface area contributed by atoms with Crippen molar-refractivity contribution in [3.05, 3.63) is 0 Å². The molecular weight excluding hydrogens is 176 g/mol. The summed E-state index contributed by atoms with van der Waals surface area (Å²) in [6.07, 6.45) is 0.197. The molecule has 0 amide bonds. The van der Waals surface area contributed by atoms with E-state index < -0.39 is 5.97 Å². The number of aliphatic hydroxyl groups is 1. The Morgan fingerprint density at radius 3 is 2.50 bits per heavy atom. The summed E-state index contributed by atoms with van der Waals surface area (Å²) >= 11 is 1.60. The normalized spacial score (nSPS) is 15.6. The molecule has 0 radical (unpaired) electrons. The number of carbonyl (C=O) groups is 1. The first-order valence-electron chi connectivity index (χ1n) is 4.00. The Labute approximate surface area is 77.2 Å². The molecule has 0 heterocycles. The van der Waals surface area contributed by atoms with Crippen LogP contribution in [-0.4, -0.2) is 33.8 Å². The molecule has 12 heavy (non-hydrogen) atoms. The summed E-state index contributed by atoms with van der Waals surface area (Å²) in [7, 11) is 0. The Kier molecular flexibility index (Phi) is 6.20. The van der Waals surface area contributed by atoms with Crippen LogP contribution in [0.5, 0.6) is 0 Å². The fourth-order valence-electron chi connectivity index (χ4n) is 0.686. The topological polar surface area (TPSA) is 57.5 Å². The third kappa shape index (κ3) is 6.49. The molecule has 0 aliphatic carbocycles. The van der Waals surface area contributed by atoms with Crippen molar-refractivity contribution in [2.75, 3.05) is 12.4 Å². The molecule has 0 fully saturated rings. The second-order valence-corrected chi connectivity index (χ2v) is 4.50. The van der Waals surface area contributed by atoms with Crippen LogP contribution < -0.4 is 0 Å². The molecule has 0 aromatic heterocycles. The van der Waals surface area contributed by atoms with Crippen molar-refractivity contribution in [3.63, 3.8) is 0 Å². The van der Waals surface area contributed by atoms with E-state index in [0.717, 1.165) is 5.75 Å². The largest absolute Gasteiger partial charge is 0.481 e.